The Bertz CT molecular complexity index is 3000. The summed E-state index contributed by atoms with van der Waals surface area (Å²) in [7, 11) is 0. The topological polar surface area (TPSA) is 36.3 Å². The van der Waals surface area contributed by atoms with Gasteiger partial charge in [-0.15, -0.1) is 0 Å². The molecule has 0 amide bonds. The molecule has 2 aliphatic rings. The minimum Gasteiger partial charge on any atom is -0.310 e. The number of nitriles is 1. The molecule has 11 rings (SSSR count). The molecular formula is C51H30N4. The lowest BCUT2D eigenvalue weighted by molar-refractivity contribution is 0.752. The lowest BCUT2D eigenvalue weighted by Crippen LogP contribution is -2.36. The molecule has 1 aliphatic heterocycles. The van der Waals surface area contributed by atoms with Gasteiger partial charge in [-0.1, -0.05) is 133 Å². The Morgan fingerprint density at radius 1 is 0.491 bits per heavy atom. The molecule has 1 spiro atoms. The predicted molar refractivity (Wildman–Crippen MR) is 223 cm³/mol. The number of rotatable bonds is 3. The molecule has 1 aromatic heterocycles. The molecule has 0 fully saturated rings. The number of anilines is 3. The van der Waals surface area contributed by atoms with Crippen molar-refractivity contribution in [1.29, 1.82) is 5.26 Å². The van der Waals surface area contributed by atoms with E-state index in [1.165, 1.54) is 44.2 Å². The summed E-state index contributed by atoms with van der Waals surface area (Å²) in [5, 5.41) is 12.2. The Labute approximate surface area is 318 Å². The van der Waals surface area contributed by atoms with Crippen LogP contribution in [0.2, 0.25) is 0 Å². The average Bonchev–Trinajstić information content (AvgIpc) is 3.75. The van der Waals surface area contributed by atoms with E-state index >= 15 is 0 Å². The van der Waals surface area contributed by atoms with E-state index in [9.17, 15) is 5.26 Å². The maximum absolute atomic E-state index is 9.79. The van der Waals surface area contributed by atoms with Crippen molar-refractivity contribution >= 4 is 44.6 Å². The van der Waals surface area contributed by atoms with Gasteiger partial charge >= 0.3 is 0 Å². The lowest BCUT2D eigenvalue weighted by atomic mass is 9.64. The highest BCUT2D eigenvalue weighted by Crippen LogP contribution is 2.63. The molecule has 0 N–H and O–H groups in total. The van der Waals surface area contributed by atoms with Crippen molar-refractivity contribution in [3.8, 4) is 34.0 Å². The molecule has 4 nitrogen and oxygen atoms in total. The van der Waals surface area contributed by atoms with E-state index in [0.717, 1.165) is 44.9 Å². The smallest absolute Gasteiger partial charge is 0.205 e. The van der Waals surface area contributed by atoms with Gasteiger partial charge in [0.25, 0.3) is 0 Å². The fraction of sp³-hybridized carbons (Fsp3) is 0.0196. The molecule has 2 heterocycles. The zero-order chi connectivity index (χ0) is 36.7. The normalized spacial score (nSPS) is 13.2. The molecule has 9 aromatic rings. The molecule has 0 bridgehead atoms. The molecular weight excluding hydrogens is 669 g/mol. The maximum atomic E-state index is 9.79. The van der Waals surface area contributed by atoms with Crippen molar-refractivity contribution in [3.05, 3.63) is 221 Å². The fourth-order valence-electron chi connectivity index (χ4n) is 9.46. The van der Waals surface area contributed by atoms with Gasteiger partial charge in [-0.05, 0) is 93.0 Å². The van der Waals surface area contributed by atoms with Gasteiger partial charge in [0, 0.05) is 22.1 Å². The standard InChI is InChI=1S/C51H30N4/c1-53-46-30-33(26-27-34(46)32-52)35-28-36(54-47-22-10-4-16-40(47)41-17-5-11-23-48(41)54)31-37(29-35)55-49-24-12-8-20-44(49)51(45-21-9-13-25-50(45)55)42-18-6-2-14-38(42)39-15-3-7-19-43(39)51/h2-31H. The summed E-state index contributed by atoms with van der Waals surface area (Å²) in [5.41, 5.74) is 16.1. The van der Waals surface area contributed by atoms with E-state index < -0.39 is 5.41 Å². The highest BCUT2D eigenvalue weighted by Gasteiger charge is 2.51. The van der Waals surface area contributed by atoms with Crippen LogP contribution >= 0.6 is 0 Å². The zero-order valence-electron chi connectivity index (χ0n) is 29.6. The van der Waals surface area contributed by atoms with Crippen molar-refractivity contribution in [3.63, 3.8) is 0 Å². The van der Waals surface area contributed by atoms with E-state index in [4.69, 9.17) is 6.57 Å². The number of aromatic nitrogens is 1. The summed E-state index contributed by atoms with van der Waals surface area (Å²) < 4.78 is 2.35. The second-order valence-electron chi connectivity index (χ2n) is 14.3. The molecule has 0 radical (unpaired) electrons. The Balaban J connectivity index is 1.23. The van der Waals surface area contributed by atoms with Gasteiger partial charge in [-0.2, -0.15) is 5.26 Å². The molecule has 0 saturated carbocycles. The van der Waals surface area contributed by atoms with E-state index in [-0.39, 0.29) is 0 Å². The summed E-state index contributed by atoms with van der Waals surface area (Å²) in [6, 6.07) is 67.1. The number of para-hydroxylation sites is 4. The van der Waals surface area contributed by atoms with Crippen molar-refractivity contribution in [1.82, 2.24) is 4.57 Å². The van der Waals surface area contributed by atoms with Gasteiger partial charge in [0.15, 0.2) is 0 Å². The molecule has 55 heavy (non-hydrogen) atoms. The minimum atomic E-state index is -0.512. The highest BCUT2D eigenvalue weighted by molar-refractivity contribution is 6.09. The van der Waals surface area contributed by atoms with Gasteiger partial charge in [0.1, 0.15) is 0 Å². The third-order valence-corrected chi connectivity index (χ3v) is 11.6. The molecule has 4 heteroatoms. The zero-order valence-corrected chi connectivity index (χ0v) is 29.6. The average molecular weight is 699 g/mol. The van der Waals surface area contributed by atoms with Crippen LogP contribution in [0.15, 0.2) is 182 Å². The lowest BCUT2D eigenvalue weighted by Gasteiger charge is -2.45. The highest BCUT2D eigenvalue weighted by atomic mass is 15.2. The third kappa shape index (κ3) is 4.20. The molecule has 254 valence electrons. The van der Waals surface area contributed by atoms with Gasteiger partial charge in [-0.25, -0.2) is 4.85 Å². The maximum Gasteiger partial charge on any atom is 0.205 e. The first kappa shape index (κ1) is 30.9. The molecule has 1 aliphatic carbocycles. The van der Waals surface area contributed by atoms with Crippen molar-refractivity contribution in [2.75, 3.05) is 4.90 Å². The first-order valence-electron chi connectivity index (χ1n) is 18.4. The van der Waals surface area contributed by atoms with E-state index in [1.807, 2.05) is 12.1 Å². The summed E-state index contributed by atoms with van der Waals surface area (Å²) in [6.45, 7) is 7.89. The SMILES string of the molecule is [C-]#[N+]c1cc(-c2cc(N3c4ccccc4C4(c5ccccc5-c5ccccc54)c4ccccc43)cc(-n3c4ccccc4c4ccccc43)c2)ccc1C#N. The monoisotopic (exact) mass is 698 g/mol. The molecule has 0 atom stereocenters. The van der Waals surface area contributed by atoms with Crippen LogP contribution in [0.3, 0.4) is 0 Å². The third-order valence-electron chi connectivity index (χ3n) is 11.6. The summed E-state index contributed by atoms with van der Waals surface area (Å²) in [6.07, 6.45) is 0. The van der Waals surface area contributed by atoms with Crippen LogP contribution in [0, 0.1) is 17.9 Å². The quantitative estimate of drug-likeness (QED) is 0.172. The van der Waals surface area contributed by atoms with Crippen molar-refractivity contribution < 1.29 is 0 Å². The van der Waals surface area contributed by atoms with E-state index in [2.05, 4.69) is 184 Å². The first-order valence-corrected chi connectivity index (χ1v) is 18.4. The van der Waals surface area contributed by atoms with Gasteiger partial charge < -0.3 is 9.47 Å². The summed E-state index contributed by atoms with van der Waals surface area (Å²) in [5.74, 6) is 0. The Hall–Kier alpha value is -7.66. The van der Waals surface area contributed by atoms with Crippen LogP contribution in [-0.4, -0.2) is 4.57 Å². The number of hydrogen-bond donors (Lipinski definition) is 0. The van der Waals surface area contributed by atoms with Crippen LogP contribution in [-0.2, 0) is 5.41 Å². The minimum absolute atomic E-state index is 0.345. The van der Waals surface area contributed by atoms with Crippen LogP contribution in [0.5, 0.6) is 0 Å². The van der Waals surface area contributed by atoms with Gasteiger partial charge in [0.05, 0.1) is 46.0 Å². The van der Waals surface area contributed by atoms with Gasteiger partial charge in [0.2, 0.25) is 5.69 Å². The second kappa shape index (κ2) is 11.7. The number of fused-ring (bicyclic) bond motifs is 12. The van der Waals surface area contributed by atoms with Crippen LogP contribution in [0.4, 0.5) is 22.7 Å². The largest absolute Gasteiger partial charge is 0.310 e. The molecule has 8 aromatic carbocycles. The predicted octanol–water partition coefficient (Wildman–Crippen LogP) is 13.0. The Morgan fingerprint density at radius 3 is 1.58 bits per heavy atom. The van der Waals surface area contributed by atoms with Crippen molar-refractivity contribution in [2.24, 2.45) is 0 Å². The summed E-state index contributed by atoms with van der Waals surface area (Å²) in [4.78, 5) is 6.16. The van der Waals surface area contributed by atoms with Crippen LogP contribution < -0.4 is 4.90 Å². The fourth-order valence-corrected chi connectivity index (χ4v) is 9.46. The second-order valence-corrected chi connectivity index (χ2v) is 14.3. The molecule has 0 unspecified atom stereocenters. The van der Waals surface area contributed by atoms with Crippen molar-refractivity contribution in [2.45, 2.75) is 5.41 Å². The summed E-state index contributed by atoms with van der Waals surface area (Å²) >= 11 is 0. The van der Waals surface area contributed by atoms with Gasteiger partial charge in [-0.3, -0.25) is 0 Å². The molecule has 0 saturated heterocycles. The number of nitrogens with zero attached hydrogens (tertiary/aromatic N) is 4. The van der Waals surface area contributed by atoms with E-state index in [1.54, 1.807) is 6.07 Å². The Kier molecular flexibility index (Phi) is 6.56. The Morgan fingerprint density at radius 2 is 1.00 bits per heavy atom. The van der Waals surface area contributed by atoms with Crippen LogP contribution in [0.25, 0.3) is 54.6 Å². The number of hydrogen-bond acceptors (Lipinski definition) is 2. The van der Waals surface area contributed by atoms with E-state index in [0.29, 0.717) is 11.3 Å². The van der Waals surface area contributed by atoms with Crippen LogP contribution in [0.1, 0.15) is 27.8 Å². The number of benzene rings is 8. The first-order chi connectivity index (χ1) is 27.2.